The molecule has 0 radical (unpaired) electrons. The van der Waals surface area contributed by atoms with Gasteiger partial charge in [0, 0.05) is 37.8 Å². The summed E-state index contributed by atoms with van der Waals surface area (Å²) in [5, 5.41) is 0. The molecule has 1 aromatic heterocycles. The van der Waals surface area contributed by atoms with Crippen LogP contribution in [0.4, 0.5) is 5.82 Å². The summed E-state index contributed by atoms with van der Waals surface area (Å²) in [6, 6.07) is 11.1. The average Bonchev–Trinajstić information content (AvgIpc) is 2.84. The van der Waals surface area contributed by atoms with Gasteiger partial charge in [-0.15, -0.1) is 0 Å². The zero-order valence-electron chi connectivity index (χ0n) is 18.5. The van der Waals surface area contributed by atoms with Crippen LogP contribution in [0.2, 0.25) is 0 Å². The van der Waals surface area contributed by atoms with Crippen molar-refractivity contribution in [3.63, 3.8) is 0 Å². The first kappa shape index (κ1) is 22.1. The number of hydrogen-bond donors (Lipinski definition) is 1. The Hall–Kier alpha value is -3.13. The lowest BCUT2D eigenvalue weighted by atomic mass is 9.92. The molecular formula is C24H30N4O4. The molecule has 4 rings (SSSR count). The first-order chi connectivity index (χ1) is 15.6. The number of carbonyl (C=O) groups excluding carboxylic acids is 2. The first-order valence-corrected chi connectivity index (χ1v) is 11.2. The van der Waals surface area contributed by atoms with Crippen molar-refractivity contribution in [2.75, 3.05) is 51.7 Å². The maximum absolute atomic E-state index is 13.0. The summed E-state index contributed by atoms with van der Waals surface area (Å²) in [6.45, 7) is 5.93. The van der Waals surface area contributed by atoms with Crippen molar-refractivity contribution < 1.29 is 19.1 Å². The molecule has 1 aromatic carbocycles. The van der Waals surface area contributed by atoms with Crippen molar-refractivity contribution >= 4 is 17.6 Å². The van der Waals surface area contributed by atoms with E-state index >= 15 is 0 Å². The normalized spacial score (nSPS) is 17.3. The number of benzene rings is 1. The minimum atomic E-state index is -0.0989. The van der Waals surface area contributed by atoms with Gasteiger partial charge in [0.25, 0.3) is 11.8 Å². The van der Waals surface area contributed by atoms with Gasteiger partial charge >= 0.3 is 0 Å². The zero-order chi connectivity index (χ0) is 22.5. The minimum absolute atomic E-state index is 0.00794. The smallest absolute Gasteiger partial charge is 0.257 e. The van der Waals surface area contributed by atoms with Crippen LogP contribution in [0.1, 0.15) is 52.1 Å². The molecule has 2 saturated heterocycles. The maximum atomic E-state index is 13.0. The number of rotatable bonds is 5. The summed E-state index contributed by atoms with van der Waals surface area (Å²) in [6.07, 6.45) is 1.59. The summed E-state index contributed by atoms with van der Waals surface area (Å²) >= 11 is 0. The molecule has 0 atom stereocenters. The van der Waals surface area contributed by atoms with E-state index < -0.39 is 0 Å². The second-order valence-corrected chi connectivity index (χ2v) is 8.07. The topological polar surface area (TPSA) is 98.0 Å². The average molecular weight is 439 g/mol. The number of piperidine rings is 1. The highest BCUT2D eigenvalue weighted by atomic mass is 16.5. The van der Waals surface area contributed by atoms with E-state index in [0.717, 1.165) is 18.5 Å². The molecule has 8 nitrogen and oxygen atoms in total. The number of anilines is 1. The molecular weight excluding hydrogens is 408 g/mol. The third-order valence-corrected chi connectivity index (χ3v) is 6.09. The van der Waals surface area contributed by atoms with E-state index in [1.807, 2.05) is 42.2 Å². The molecule has 2 amide bonds. The van der Waals surface area contributed by atoms with Crippen LogP contribution in [0.5, 0.6) is 5.75 Å². The lowest BCUT2D eigenvalue weighted by Crippen LogP contribution is -2.41. The van der Waals surface area contributed by atoms with Crippen molar-refractivity contribution in [1.82, 2.24) is 14.8 Å². The number of carbonyl (C=O) groups is 2. The molecule has 0 bridgehead atoms. The van der Waals surface area contributed by atoms with Gasteiger partial charge < -0.3 is 25.0 Å². The molecule has 2 aliphatic rings. The summed E-state index contributed by atoms with van der Waals surface area (Å²) in [5.41, 5.74) is 8.08. The lowest BCUT2D eigenvalue weighted by Gasteiger charge is -2.32. The van der Waals surface area contributed by atoms with Crippen LogP contribution in [-0.2, 0) is 4.74 Å². The molecule has 0 saturated carbocycles. The fourth-order valence-corrected chi connectivity index (χ4v) is 4.31. The van der Waals surface area contributed by atoms with E-state index in [0.29, 0.717) is 62.9 Å². The van der Waals surface area contributed by atoms with Crippen LogP contribution in [0.15, 0.2) is 36.4 Å². The zero-order valence-corrected chi connectivity index (χ0v) is 18.5. The number of hydrogen-bond acceptors (Lipinski definition) is 6. The van der Waals surface area contributed by atoms with Crippen LogP contribution in [0, 0.1) is 0 Å². The van der Waals surface area contributed by atoms with Crippen LogP contribution in [-0.4, -0.2) is 72.6 Å². The molecule has 0 spiro atoms. The maximum Gasteiger partial charge on any atom is 0.257 e. The molecule has 2 aromatic rings. The third-order valence-electron chi connectivity index (χ3n) is 6.09. The van der Waals surface area contributed by atoms with Gasteiger partial charge in [-0.2, -0.15) is 0 Å². The number of morpholine rings is 1. The Morgan fingerprint density at radius 1 is 1.00 bits per heavy atom. The highest BCUT2D eigenvalue weighted by Crippen LogP contribution is 2.30. The molecule has 2 aliphatic heterocycles. The lowest BCUT2D eigenvalue weighted by molar-refractivity contribution is 0.0303. The molecule has 32 heavy (non-hydrogen) atoms. The third kappa shape index (κ3) is 4.70. The Morgan fingerprint density at radius 2 is 1.66 bits per heavy atom. The van der Waals surface area contributed by atoms with Crippen LogP contribution in [0.25, 0.3) is 0 Å². The van der Waals surface area contributed by atoms with Crippen LogP contribution < -0.4 is 10.5 Å². The molecule has 170 valence electrons. The van der Waals surface area contributed by atoms with Crippen LogP contribution in [0.3, 0.4) is 0 Å². The van der Waals surface area contributed by atoms with Gasteiger partial charge in [-0.25, -0.2) is 4.98 Å². The fourth-order valence-electron chi connectivity index (χ4n) is 4.31. The predicted octanol–water partition coefficient (Wildman–Crippen LogP) is 2.55. The highest BCUT2D eigenvalue weighted by molar-refractivity contribution is 5.98. The van der Waals surface area contributed by atoms with Crippen molar-refractivity contribution in [2.45, 2.75) is 25.7 Å². The van der Waals surface area contributed by atoms with E-state index in [4.69, 9.17) is 15.2 Å². The number of nitrogen functional groups attached to an aromatic ring is 1. The Morgan fingerprint density at radius 3 is 2.34 bits per heavy atom. The molecule has 0 unspecified atom stereocenters. The molecule has 2 fully saturated rings. The number of para-hydroxylation sites is 1. The minimum Gasteiger partial charge on any atom is -0.493 e. The Bertz CT molecular complexity index is 966. The molecule has 3 heterocycles. The first-order valence-electron chi connectivity index (χ1n) is 11.2. The van der Waals surface area contributed by atoms with E-state index in [9.17, 15) is 9.59 Å². The highest BCUT2D eigenvalue weighted by Gasteiger charge is 2.28. The van der Waals surface area contributed by atoms with Crippen molar-refractivity contribution in [3.05, 3.63) is 53.2 Å². The number of amides is 2. The number of ether oxygens (including phenoxy) is 2. The van der Waals surface area contributed by atoms with E-state index in [-0.39, 0.29) is 23.6 Å². The van der Waals surface area contributed by atoms with Gasteiger partial charge in [-0.3, -0.25) is 9.59 Å². The largest absolute Gasteiger partial charge is 0.493 e. The number of likely N-dealkylation sites (tertiary alicyclic amines) is 1. The van der Waals surface area contributed by atoms with Crippen LogP contribution >= 0.6 is 0 Å². The Labute approximate surface area is 188 Å². The molecule has 0 aliphatic carbocycles. The van der Waals surface area contributed by atoms with Gasteiger partial charge in [0.1, 0.15) is 11.6 Å². The number of aromatic nitrogens is 1. The number of nitrogens with zero attached hydrogens (tertiary/aromatic N) is 3. The SMILES string of the molecule is CCOc1ccccc1C(=O)N1CCC(c2ccc(C(=O)N3CCOCC3)c(N)n2)CC1. The quantitative estimate of drug-likeness (QED) is 0.771. The van der Waals surface area contributed by atoms with Gasteiger partial charge in [-0.05, 0) is 44.0 Å². The Balaban J connectivity index is 1.39. The van der Waals surface area contributed by atoms with Gasteiger partial charge in [-0.1, -0.05) is 12.1 Å². The molecule has 8 heteroatoms. The summed E-state index contributed by atoms with van der Waals surface area (Å²) in [5.74, 6) is 0.987. The van der Waals surface area contributed by atoms with E-state index in [2.05, 4.69) is 4.98 Å². The van der Waals surface area contributed by atoms with E-state index in [1.165, 1.54) is 0 Å². The second-order valence-electron chi connectivity index (χ2n) is 8.07. The second kappa shape index (κ2) is 9.99. The van der Waals surface area contributed by atoms with Crippen molar-refractivity contribution in [3.8, 4) is 5.75 Å². The summed E-state index contributed by atoms with van der Waals surface area (Å²) in [4.78, 5) is 33.9. The Kier molecular flexibility index (Phi) is 6.90. The fraction of sp³-hybridized carbons (Fsp3) is 0.458. The molecule has 2 N–H and O–H groups in total. The predicted molar refractivity (Wildman–Crippen MR) is 121 cm³/mol. The van der Waals surface area contributed by atoms with Gasteiger partial charge in [0.15, 0.2) is 0 Å². The van der Waals surface area contributed by atoms with Crippen molar-refractivity contribution in [1.29, 1.82) is 0 Å². The number of nitrogens with two attached hydrogens (primary N) is 1. The summed E-state index contributed by atoms with van der Waals surface area (Å²) < 4.78 is 10.9. The standard InChI is InChI=1S/C24H30N4O4/c1-2-32-21-6-4-3-5-18(21)23(29)27-11-9-17(10-12-27)20-8-7-19(22(25)26-20)24(30)28-13-15-31-16-14-28/h3-8,17H,2,9-16H2,1H3,(H2,25,26). The van der Waals surface area contributed by atoms with E-state index in [1.54, 1.807) is 11.0 Å². The monoisotopic (exact) mass is 438 g/mol. The van der Waals surface area contributed by atoms with Gasteiger partial charge in [0.2, 0.25) is 0 Å². The van der Waals surface area contributed by atoms with Crippen molar-refractivity contribution in [2.24, 2.45) is 0 Å². The number of pyridine rings is 1. The van der Waals surface area contributed by atoms with Gasteiger partial charge in [0.05, 0.1) is 30.9 Å². The summed E-state index contributed by atoms with van der Waals surface area (Å²) in [7, 11) is 0.